The largest absolute Gasteiger partial charge is 0.393 e. The summed E-state index contributed by atoms with van der Waals surface area (Å²) in [4.78, 5) is 0. The molecule has 0 aromatic heterocycles. The van der Waals surface area contributed by atoms with Gasteiger partial charge in [-0.05, 0) is 61.8 Å². The lowest BCUT2D eigenvalue weighted by atomic mass is 9.54. The average Bonchev–Trinajstić information content (AvgIpc) is 2.13. The Morgan fingerprint density at radius 1 is 1.20 bits per heavy atom. The zero-order valence-corrected chi connectivity index (χ0v) is 10.1. The lowest BCUT2D eigenvalue weighted by Crippen LogP contribution is -2.52. The standard InChI is InChI=1S/C13H25NO/c1-12(2)5-3-10(4-6-12)13(9-14)7-11(15)8-13/h10-11,15H,3-9,14H2,1-2H3. The van der Waals surface area contributed by atoms with Gasteiger partial charge in [-0.15, -0.1) is 0 Å². The molecule has 0 spiro atoms. The second-order valence-corrected chi connectivity index (χ2v) is 6.57. The van der Waals surface area contributed by atoms with E-state index in [1.807, 2.05) is 0 Å². The fourth-order valence-electron chi connectivity index (χ4n) is 3.56. The van der Waals surface area contributed by atoms with E-state index in [2.05, 4.69) is 13.8 Å². The van der Waals surface area contributed by atoms with Crippen molar-refractivity contribution >= 4 is 0 Å². The van der Waals surface area contributed by atoms with Crippen LogP contribution in [0.5, 0.6) is 0 Å². The molecule has 2 saturated carbocycles. The van der Waals surface area contributed by atoms with Crippen LogP contribution in [0.4, 0.5) is 0 Å². The van der Waals surface area contributed by atoms with Crippen molar-refractivity contribution in [2.45, 2.75) is 58.5 Å². The first-order valence-corrected chi connectivity index (χ1v) is 6.36. The van der Waals surface area contributed by atoms with E-state index >= 15 is 0 Å². The molecule has 88 valence electrons. The minimum absolute atomic E-state index is 0.0662. The maximum Gasteiger partial charge on any atom is 0.0552 e. The molecule has 0 aromatic carbocycles. The molecule has 0 heterocycles. The lowest BCUT2D eigenvalue weighted by Gasteiger charge is -2.53. The van der Waals surface area contributed by atoms with Gasteiger partial charge >= 0.3 is 0 Å². The molecule has 3 N–H and O–H groups in total. The smallest absolute Gasteiger partial charge is 0.0552 e. The van der Waals surface area contributed by atoms with Crippen LogP contribution in [-0.2, 0) is 0 Å². The van der Waals surface area contributed by atoms with Crippen LogP contribution >= 0.6 is 0 Å². The minimum Gasteiger partial charge on any atom is -0.393 e. The van der Waals surface area contributed by atoms with Crippen molar-refractivity contribution in [2.75, 3.05) is 6.54 Å². The molecule has 0 saturated heterocycles. The molecule has 0 amide bonds. The molecule has 0 unspecified atom stereocenters. The third kappa shape index (κ3) is 2.07. The van der Waals surface area contributed by atoms with Crippen LogP contribution in [0.15, 0.2) is 0 Å². The van der Waals surface area contributed by atoms with Gasteiger partial charge in [0, 0.05) is 0 Å². The van der Waals surface area contributed by atoms with E-state index < -0.39 is 0 Å². The summed E-state index contributed by atoms with van der Waals surface area (Å²) in [6.07, 6.45) is 7.13. The van der Waals surface area contributed by atoms with E-state index in [1.165, 1.54) is 25.7 Å². The first kappa shape index (κ1) is 11.4. The fourth-order valence-corrected chi connectivity index (χ4v) is 3.56. The highest BCUT2D eigenvalue weighted by Crippen LogP contribution is 2.53. The van der Waals surface area contributed by atoms with Crippen LogP contribution in [0.3, 0.4) is 0 Å². The van der Waals surface area contributed by atoms with E-state index in [4.69, 9.17) is 5.73 Å². The number of rotatable bonds is 2. The highest BCUT2D eigenvalue weighted by atomic mass is 16.3. The van der Waals surface area contributed by atoms with Gasteiger partial charge in [0.25, 0.3) is 0 Å². The summed E-state index contributed by atoms with van der Waals surface area (Å²) in [5.41, 5.74) is 6.76. The molecule has 0 aliphatic heterocycles. The normalized spacial score (nSPS) is 41.2. The molecule has 2 aliphatic rings. The summed E-state index contributed by atoms with van der Waals surface area (Å²) in [5.74, 6) is 0.777. The Labute approximate surface area is 93.2 Å². The summed E-state index contributed by atoms with van der Waals surface area (Å²) in [7, 11) is 0. The van der Waals surface area contributed by atoms with Gasteiger partial charge in [-0.25, -0.2) is 0 Å². The summed E-state index contributed by atoms with van der Waals surface area (Å²) in [6.45, 7) is 5.51. The zero-order chi connectivity index (χ0) is 11.1. The Balaban J connectivity index is 1.95. The van der Waals surface area contributed by atoms with Crippen molar-refractivity contribution in [1.29, 1.82) is 0 Å². The molecule has 2 nitrogen and oxygen atoms in total. The Morgan fingerprint density at radius 2 is 1.73 bits per heavy atom. The average molecular weight is 211 g/mol. The van der Waals surface area contributed by atoms with Crippen molar-refractivity contribution in [2.24, 2.45) is 22.5 Å². The molecular formula is C13H25NO. The van der Waals surface area contributed by atoms with Crippen LogP contribution in [-0.4, -0.2) is 17.8 Å². The van der Waals surface area contributed by atoms with Crippen LogP contribution < -0.4 is 5.73 Å². The maximum atomic E-state index is 9.49. The fraction of sp³-hybridized carbons (Fsp3) is 1.00. The van der Waals surface area contributed by atoms with E-state index in [0.29, 0.717) is 10.8 Å². The van der Waals surface area contributed by atoms with Gasteiger partial charge in [0.05, 0.1) is 6.10 Å². The topological polar surface area (TPSA) is 46.2 Å². The number of nitrogens with two attached hydrogens (primary N) is 1. The van der Waals surface area contributed by atoms with Crippen LogP contribution in [0.1, 0.15) is 52.4 Å². The van der Waals surface area contributed by atoms with Crippen molar-refractivity contribution in [3.05, 3.63) is 0 Å². The van der Waals surface area contributed by atoms with Crippen molar-refractivity contribution < 1.29 is 5.11 Å². The first-order chi connectivity index (χ1) is 6.97. The van der Waals surface area contributed by atoms with Crippen molar-refractivity contribution in [3.63, 3.8) is 0 Å². The van der Waals surface area contributed by atoms with E-state index in [-0.39, 0.29) is 6.10 Å². The molecule has 15 heavy (non-hydrogen) atoms. The van der Waals surface area contributed by atoms with Gasteiger partial charge in [0.15, 0.2) is 0 Å². The third-order valence-electron chi connectivity index (χ3n) is 4.90. The molecule has 2 aliphatic carbocycles. The second-order valence-electron chi connectivity index (χ2n) is 6.57. The van der Waals surface area contributed by atoms with Crippen molar-refractivity contribution in [3.8, 4) is 0 Å². The molecule has 2 fully saturated rings. The van der Waals surface area contributed by atoms with E-state index in [0.717, 1.165) is 25.3 Å². The maximum absolute atomic E-state index is 9.49. The van der Waals surface area contributed by atoms with Crippen LogP contribution in [0, 0.1) is 16.7 Å². The Bertz CT molecular complexity index is 221. The molecule has 2 heteroatoms. The van der Waals surface area contributed by atoms with Crippen LogP contribution in [0.2, 0.25) is 0 Å². The molecule has 0 radical (unpaired) electrons. The minimum atomic E-state index is -0.0662. The number of hydrogen-bond acceptors (Lipinski definition) is 2. The van der Waals surface area contributed by atoms with Crippen molar-refractivity contribution in [1.82, 2.24) is 0 Å². The molecule has 2 rings (SSSR count). The monoisotopic (exact) mass is 211 g/mol. The van der Waals surface area contributed by atoms with Gasteiger partial charge in [-0.2, -0.15) is 0 Å². The zero-order valence-electron chi connectivity index (χ0n) is 10.1. The lowest BCUT2D eigenvalue weighted by molar-refractivity contribution is -0.0806. The number of aliphatic hydroxyl groups excluding tert-OH is 1. The van der Waals surface area contributed by atoms with E-state index in [9.17, 15) is 5.11 Å². The quantitative estimate of drug-likeness (QED) is 0.736. The first-order valence-electron chi connectivity index (χ1n) is 6.36. The van der Waals surface area contributed by atoms with Gasteiger partial charge in [0.1, 0.15) is 0 Å². The highest BCUT2D eigenvalue weighted by molar-refractivity contribution is 5.00. The molecule has 0 aromatic rings. The predicted octanol–water partition coefficient (Wildman–Crippen LogP) is 2.30. The number of aliphatic hydroxyl groups is 1. The number of hydrogen-bond donors (Lipinski definition) is 2. The van der Waals surface area contributed by atoms with Gasteiger partial charge in [-0.1, -0.05) is 13.8 Å². The Morgan fingerprint density at radius 3 is 2.13 bits per heavy atom. The molecule has 0 bridgehead atoms. The van der Waals surface area contributed by atoms with E-state index in [1.54, 1.807) is 0 Å². The van der Waals surface area contributed by atoms with Gasteiger partial charge in [-0.3, -0.25) is 0 Å². The highest BCUT2D eigenvalue weighted by Gasteiger charge is 2.49. The Hall–Kier alpha value is -0.0800. The predicted molar refractivity (Wildman–Crippen MR) is 62.5 cm³/mol. The summed E-state index contributed by atoms with van der Waals surface area (Å²) in [5, 5.41) is 9.49. The molecule has 0 atom stereocenters. The second kappa shape index (κ2) is 3.74. The molecular weight excluding hydrogens is 186 g/mol. The summed E-state index contributed by atoms with van der Waals surface area (Å²) >= 11 is 0. The summed E-state index contributed by atoms with van der Waals surface area (Å²) in [6, 6.07) is 0. The summed E-state index contributed by atoms with van der Waals surface area (Å²) < 4.78 is 0. The third-order valence-corrected chi connectivity index (χ3v) is 4.90. The van der Waals surface area contributed by atoms with Crippen LogP contribution in [0.25, 0.3) is 0 Å². The van der Waals surface area contributed by atoms with Gasteiger partial charge < -0.3 is 10.8 Å². The van der Waals surface area contributed by atoms with Gasteiger partial charge in [0.2, 0.25) is 0 Å². The SMILES string of the molecule is CC1(C)CCC(C2(CN)CC(O)C2)CC1. The Kier molecular flexibility index (Phi) is 2.85.